The number of nitrogens with zero attached hydrogens (tertiary/aromatic N) is 4. The molecule has 0 radical (unpaired) electrons. The number of aryl methyl sites for hydroxylation is 1. The second-order valence-corrected chi connectivity index (χ2v) is 7.27. The van der Waals surface area contributed by atoms with Crippen LogP contribution >= 0.6 is 0 Å². The normalized spacial score (nSPS) is 17.5. The molecular formula is C19H34N4O2. The first-order valence-corrected chi connectivity index (χ1v) is 9.62. The van der Waals surface area contributed by atoms with E-state index in [1.165, 1.54) is 0 Å². The van der Waals surface area contributed by atoms with E-state index in [1.54, 1.807) is 6.20 Å². The molecule has 1 aromatic rings. The summed E-state index contributed by atoms with van der Waals surface area (Å²) in [6, 6.07) is 0.790. The Labute approximate surface area is 151 Å². The van der Waals surface area contributed by atoms with E-state index in [0.717, 1.165) is 44.7 Å². The Kier molecular flexibility index (Phi) is 7.02. The van der Waals surface area contributed by atoms with Gasteiger partial charge in [0.25, 0.3) is 0 Å². The summed E-state index contributed by atoms with van der Waals surface area (Å²) in [6.07, 6.45) is 3.06. The number of rotatable bonds is 7. The van der Waals surface area contributed by atoms with Crippen molar-refractivity contribution in [2.45, 2.75) is 72.1 Å². The van der Waals surface area contributed by atoms with E-state index in [1.807, 2.05) is 16.4 Å². The summed E-state index contributed by atoms with van der Waals surface area (Å²) in [5, 5.41) is 10.5. The van der Waals surface area contributed by atoms with Crippen LogP contribution in [0.4, 0.5) is 0 Å². The number of hydrogen-bond donors (Lipinski definition) is 1. The summed E-state index contributed by atoms with van der Waals surface area (Å²) in [6.45, 7) is 14.2. The minimum absolute atomic E-state index is 0.0291. The summed E-state index contributed by atoms with van der Waals surface area (Å²) in [7, 11) is 0. The number of amides is 1. The predicted octanol–water partition coefficient (Wildman–Crippen LogP) is 2.53. The zero-order valence-electron chi connectivity index (χ0n) is 16.4. The van der Waals surface area contributed by atoms with Crippen molar-refractivity contribution in [3.05, 3.63) is 17.7 Å². The molecule has 1 amide bonds. The van der Waals surface area contributed by atoms with E-state index >= 15 is 0 Å². The lowest BCUT2D eigenvalue weighted by Gasteiger charge is -2.38. The largest absolute Gasteiger partial charge is 0.385 e. The van der Waals surface area contributed by atoms with Crippen LogP contribution in [0, 0.1) is 6.92 Å². The summed E-state index contributed by atoms with van der Waals surface area (Å²) in [5.74, 6) is 0.625. The number of carbonyl (C=O) groups is 1. The quantitative estimate of drug-likeness (QED) is 0.821. The Morgan fingerprint density at radius 2 is 1.92 bits per heavy atom. The summed E-state index contributed by atoms with van der Waals surface area (Å²) in [5.41, 5.74) is 1.01. The third-order valence-corrected chi connectivity index (χ3v) is 5.34. The van der Waals surface area contributed by atoms with Crippen LogP contribution in [0.2, 0.25) is 0 Å². The van der Waals surface area contributed by atoms with Crippen molar-refractivity contribution in [1.82, 2.24) is 19.4 Å². The topological polar surface area (TPSA) is 61.6 Å². The number of aliphatic hydroxyl groups is 1. The fourth-order valence-corrected chi connectivity index (χ4v) is 3.99. The number of likely N-dealkylation sites (tertiary alicyclic amines) is 1. The van der Waals surface area contributed by atoms with E-state index in [9.17, 15) is 9.90 Å². The van der Waals surface area contributed by atoms with Gasteiger partial charge in [0.05, 0.1) is 6.42 Å². The van der Waals surface area contributed by atoms with Gasteiger partial charge >= 0.3 is 0 Å². The molecule has 2 heterocycles. The predicted molar refractivity (Wildman–Crippen MR) is 99.4 cm³/mol. The highest BCUT2D eigenvalue weighted by molar-refractivity contribution is 5.76. The maximum absolute atomic E-state index is 12.6. The van der Waals surface area contributed by atoms with Gasteiger partial charge < -0.3 is 19.5 Å². The van der Waals surface area contributed by atoms with Crippen LogP contribution < -0.4 is 0 Å². The van der Waals surface area contributed by atoms with Crippen molar-refractivity contribution in [2.75, 3.05) is 26.2 Å². The summed E-state index contributed by atoms with van der Waals surface area (Å²) < 4.78 is 2.00. The number of carbonyl (C=O) groups excluding carboxylic acids is 1. The first-order chi connectivity index (χ1) is 11.9. The average Bonchev–Trinajstić information content (AvgIpc) is 2.98. The summed E-state index contributed by atoms with van der Waals surface area (Å²) in [4.78, 5) is 21.3. The van der Waals surface area contributed by atoms with Crippen molar-refractivity contribution in [3.63, 3.8) is 0 Å². The van der Waals surface area contributed by atoms with Crippen LogP contribution in [0.3, 0.4) is 0 Å². The van der Waals surface area contributed by atoms with E-state index in [-0.39, 0.29) is 18.4 Å². The van der Waals surface area contributed by atoms with Gasteiger partial charge in [-0.05, 0) is 46.7 Å². The SMILES string of the molecule is CCN(CC)C1CCN(C(=O)CC(O)c2ncc(C)n2C(C)C)CC1. The van der Waals surface area contributed by atoms with Crippen LogP contribution in [-0.4, -0.2) is 62.6 Å². The maximum atomic E-state index is 12.6. The fraction of sp³-hybridized carbons (Fsp3) is 0.789. The lowest BCUT2D eigenvalue weighted by molar-refractivity contribution is -0.135. The standard InChI is InChI=1S/C19H34N4O2/c1-6-21(7-2)16-8-10-22(11-9-16)18(25)12-17(24)19-20-13-15(5)23(19)14(3)4/h13-14,16-17,24H,6-12H2,1-5H3. The minimum atomic E-state index is -0.843. The summed E-state index contributed by atoms with van der Waals surface area (Å²) >= 11 is 0. The van der Waals surface area contributed by atoms with Gasteiger partial charge in [-0.1, -0.05) is 13.8 Å². The van der Waals surface area contributed by atoms with Gasteiger partial charge in [0.2, 0.25) is 5.91 Å². The van der Waals surface area contributed by atoms with Gasteiger partial charge in [0.15, 0.2) is 0 Å². The molecule has 0 spiro atoms. The molecule has 0 bridgehead atoms. The molecule has 6 heteroatoms. The highest BCUT2D eigenvalue weighted by Crippen LogP contribution is 2.23. The van der Waals surface area contributed by atoms with Crippen molar-refractivity contribution in [1.29, 1.82) is 0 Å². The van der Waals surface area contributed by atoms with Gasteiger partial charge in [0, 0.05) is 37.1 Å². The second-order valence-electron chi connectivity index (χ2n) is 7.27. The van der Waals surface area contributed by atoms with Crippen molar-refractivity contribution >= 4 is 5.91 Å². The molecule has 1 aliphatic rings. The van der Waals surface area contributed by atoms with Crippen LogP contribution in [0.1, 0.15) is 70.6 Å². The van der Waals surface area contributed by atoms with E-state index in [2.05, 4.69) is 37.6 Å². The Hall–Kier alpha value is -1.40. The van der Waals surface area contributed by atoms with Crippen LogP contribution in [0.15, 0.2) is 6.20 Å². The Morgan fingerprint density at radius 1 is 1.32 bits per heavy atom. The number of aromatic nitrogens is 2. The van der Waals surface area contributed by atoms with E-state index < -0.39 is 6.10 Å². The Morgan fingerprint density at radius 3 is 2.44 bits per heavy atom. The third-order valence-electron chi connectivity index (χ3n) is 5.34. The van der Waals surface area contributed by atoms with Crippen molar-refractivity contribution in [2.24, 2.45) is 0 Å². The Balaban J connectivity index is 1.93. The highest BCUT2D eigenvalue weighted by atomic mass is 16.3. The van der Waals surface area contributed by atoms with Crippen LogP contribution in [-0.2, 0) is 4.79 Å². The molecular weight excluding hydrogens is 316 g/mol. The van der Waals surface area contributed by atoms with Gasteiger partial charge in [-0.25, -0.2) is 4.98 Å². The van der Waals surface area contributed by atoms with E-state index in [0.29, 0.717) is 11.9 Å². The third kappa shape index (κ3) is 4.61. The molecule has 1 fully saturated rings. The van der Waals surface area contributed by atoms with Crippen LogP contribution in [0.25, 0.3) is 0 Å². The fourth-order valence-electron chi connectivity index (χ4n) is 3.99. The number of imidazole rings is 1. The molecule has 142 valence electrons. The molecule has 2 rings (SSSR count). The lowest BCUT2D eigenvalue weighted by Crippen LogP contribution is -2.46. The molecule has 25 heavy (non-hydrogen) atoms. The number of piperidine rings is 1. The second kappa shape index (κ2) is 8.81. The molecule has 1 atom stereocenters. The highest BCUT2D eigenvalue weighted by Gasteiger charge is 2.28. The smallest absolute Gasteiger partial charge is 0.225 e. The monoisotopic (exact) mass is 350 g/mol. The van der Waals surface area contributed by atoms with Crippen molar-refractivity contribution < 1.29 is 9.90 Å². The number of hydrogen-bond acceptors (Lipinski definition) is 4. The molecule has 0 saturated carbocycles. The molecule has 0 aromatic carbocycles. The molecule has 6 nitrogen and oxygen atoms in total. The molecule has 1 unspecified atom stereocenters. The van der Waals surface area contributed by atoms with Gasteiger partial charge in [-0.15, -0.1) is 0 Å². The average molecular weight is 351 g/mol. The molecule has 0 aliphatic carbocycles. The zero-order valence-corrected chi connectivity index (χ0v) is 16.4. The van der Waals surface area contributed by atoms with Gasteiger partial charge in [0.1, 0.15) is 11.9 Å². The zero-order chi connectivity index (χ0) is 18.6. The van der Waals surface area contributed by atoms with E-state index in [4.69, 9.17) is 0 Å². The molecule has 1 aliphatic heterocycles. The lowest BCUT2D eigenvalue weighted by atomic mass is 10.0. The molecule has 1 saturated heterocycles. The number of aliphatic hydroxyl groups excluding tert-OH is 1. The van der Waals surface area contributed by atoms with Gasteiger partial charge in [-0.2, -0.15) is 0 Å². The first-order valence-electron chi connectivity index (χ1n) is 9.62. The molecule has 1 N–H and O–H groups in total. The van der Waals surface area contributed by atoms with Gasteiger partial charge in [-0.3, -0.25) is 4.79 Å². The maximum Gasteiger partial charge on any atom is 0.225 e. The first kappa shape index (κ1) is 19.9. The Bertz CT molecular complexity index is 558. The van der Waals surface area contributed by atoms with Crippen LogP contribution in [0.5, 0.6) is 0 Å². The minimum Gasteiger partial charge on any atom is -0.385 e. The van der Waals surface area contributed by atoms with Crippen molar-refractivity contribution in [3.8, 4) is 0 Å². The molecule has 1 aromatic heterocycles.